The van der Waals surface area contributed by atoms with Crippen LogP contribution in [0.2, 0.25) is 0 Å². The van der Waals surface area contributed by atoms with Gasteiger partial charge in [0.15, 0.2) is 0 Å². The molecular weight excluding hydrogens is 188 g/mol. The van der Waals surface area contributed by atoms with Crippen LogP contribution in [0.15, 0.2) is 0 Å². The molecule has 3 fully saturated rings. The van der Waals surface area contributed by atoms with Gasteiger partial charge in [-0.25, -0.2) is 0 Å². The van der Waals surface area contributed by atoms with E-state index in [4.69, 9.17) is 0 Å². The maximum absolute atomic E-state index is 11.8. The summed E-state index contributed by atoms with van der Waals surface area (Å²) in [5.74, 6) is 2.72. The zero-order chi connectivity index (χ0) is 10.8. The molecule has 5 atom stereocenters. The van der Waals surface area contributed by atoms with Crippen LogP contribution in [0.3, 0.4) is 0 Å². The average Bonchev–Trinajstić information content (AvgIpc) is 2.70. The van der Waals surface area contributed by atoms with Crippen LogP contribution in [-0.4, -0.2) is 11.6 Å². The molecule has 3 aliphatic rings. The van der Waals surface area contributed by atoms with E-state index in [1.165, 1.54) is 0 Å². The second kappa shape index (κ2) is 2.72. The van der Waals surface area contributed by atoms with Gasteiger partial charge in [0.05, 0.1) is 0 Å². The van der Waals surface area contributed by atoms with Crippen LogP contribution in [0, 0.1) is 29.1 Å². The van der Waals surface area contributed by atoms with Gasteiger partial charge in [0, 0.05) is 25.2 Å². The predicted octanol–water partition coefficient (Wildman–Crippen LogP) is 2.22. The Morgan fingerprint density at radius 2 is 1.93 bits per heavy atom. The van der Waals surface area contributed by atoms with Crippen molar-refractivity contribution in [2.24, 2.45) is 29.1 Å². The Balaban J connectivity index is 1.99. The molecule has 0 aromatic carbocycles. The number of carbonyl (C=O) groups excluding carboxylic acids is 2. The standard InChI is InChI=1S/C13H18O2/c1-7-12(15)5-9-3-8-4-10(14)6-11(8)13(7,9)2/h7-9,11H,3-6H2,1-2H3/t7-,8-,9-,11+,13+/m0/s1. The van der Waals surface area contributed by atoms with Crippen LogP contribution in [0.4, 0.5) is 0 Å². The monoisotopic (exact) mass is 206 g/mol. The fourth-order valence-electron chi connectivity index (χ4n) is 4.57. The fourth-order valence-corrected chi connectivity index (χ4v) is 4.57. The van der Waals surface area contributed by atoms with Crippen LogP contribution in [0.1, 0.15) is 39.5 Å². The Morgan fingerprint density at radius 1 is 1.20 bits per heavy atom. The zero-order valence-electron chi connectivity index (χ0n) is 9.45. The van der Waals surface area contributed by atoms with Crippen molar-refractivity contribution in [3.8, 4) is 0 Å². The van der Waals surface area contributed by atoms with Crippen LogP contribution in [0.5, 0.6) is 0 Å². The van der Waals surface area contributed by atoms with Crippen LogP contribution >= 0.6 is 0 Å². The van der Waals surface area contributed by atoms with Gasteiger partial charge in [-0.2, -0.15) is 0 Å². The molecule has 2 nitrogen and oxygen atoms in total. The third kappa shape index (κ3) is 1.00. The lowest BCUT2D eigenvalue weighted by molar-refractivity contribution is -0.123. The third-order valence-electron chi connectivity index (χ3n) is 5.64. The van der Waals surface area contributed by atoms with Gasteiger partial charge in [0.1, 0.15) is 11.6 Å². The Hall–Kier alpha value is -0.660. The minimum absolute atomic E-state index is 0.147. The van der Waals surface area contributed by atoms with Crippen molar-refractivity contribution in [2.45, 2.75) is 39.5 Å². The third-order valence-corrected chi connectivity index (χ3v) is 5.64. The lowest BCUT2D eigenvalue weighted by atomic mass is 9.69. The minimum Gasteiger partial charge on any atom is -0.300 e. The molecule has 0 aliphatic heterocycles. The highest BCUT2D eigenvalue weighted by molar-refractivity contribution is 5.86. The summed E-state index contributed by atoms with van der Waals surface area (Å²) < 4.78 is 0. The van der Waals surface area contributed by atoms with Crippen LogP contribution < -0.4 is 0 Å². The summed E-state index contributed by atoms with van der Waals surface area (Å²) in [6, 6.07) is 0. The van der Waals surface area contributed by atoms with Gasteiger partial charge in [-0.1, -0.05) is 13.8 Å². The number of hydrogen-bond donors (Lipinski definition) is 0. The first-order chi connectivity index (χ1) is 7.03. The molecule has 0 saturated heterocycles. The fraction of sp³-hybridized carbons (Fsp3) is 0.846. The molecule has 0 spiro atoms. The van der Waals surface area contributed by atoms with Crippen molar-refractivity contribution < 1.29 is 9.59 Å². The van der Waals surface area contributed by atoms with E-state index < -0.39 is 0 Å². The van der Waals surface area contributed by atoms with Gasteiger partial charge in [-0.05, 0) is 29.6 Å². The first kappa shape index (κ1) is 9.56. The first-order valence-corrected chi connectivity index (χ1v) is 6.08. The summed E-state index contributed by atoms with van der Waals surface area (Å²) in [6.07, 6.45) is 3.44. The molecule has 2 heteroatoms. The summed E-state index contributed by atoms with van der Waals surface area (Å²) in [5, 5.41) is 0. The Morgan fingerprint density at radius 3 is 2.67 bits per heavy atom. The molecular formula is C13H18O2. The molecule has 3 rings (SSSR count). The van der Waals surface area contributed by atoms with Gasteiger partial charge in [0.2, 0.25) is 0 Å². The topological polar surface area (TPSA) is 34.1 Å². The van der Waals surface area contributed by atoms with E-state index in [1.54, 1.807) is 0 Å². The van der Waals surface area contributed by atoms with E-state index in [0.29, 0.717) is 29.3 Å². The van der Waals surface area contributed by atoms with Gasteiger partial charge >= 0.3 is 0 Å². The van der Waals surface area contributed by atoms with Crippen LogP contribution in [-0.2, 0) is 9.59 Å². The number of carbonyl (C=O) groups is 2. The minimum atomic E-state index is 0.147. The summed E-state index contributed by atoms with van der Waals surface area (Å²) in [5.41, 5.74) is 0.147. The van der Waals surface area contributed by atoms with Crippen molar-refractivity contribution in [1.82, 2.24) is 0 Å². The molecule has 0 radical (unpaired) electrons. The van der Waals surface area contributed by atoms with Gasteiger partial charge in [0.25, 0.3) is 0 Å². The number of Topliss-reactive ketones (excluding diaryl/α,β-unsaturated/α-hetero) is 2. The lowest BCUT2D eigenvalue weighted by Gasteiger charge is -2.34. The Bertz CT molecular complexity index is 346. The molecule has 0 aromatic heterocycles. The largest absolute Gasteiger partial charge is 0.300 e. The van der Waals surface area contributed by atoms with Crippen molar-refractivity contribution in [2.75, 3.05) is 0 Å². The van der Waals surface area contributed by atoms with Gasteiger partial charge < -0.3 is 0 Å². The Labute approximate surface area is 90.4 Å². The van der Waals surface area contributed by atoms with E-state index in [1.807, 2.05) is 0 Å². The number of hydrogen-bond acceptors (Lipinski definition) is 2. The summed E-state index contributed by atoms with van der Waals surface area (Å²) >= 11 is 0. The average molecular weight is 206 g/mol. The molecule has 3 saturated carbocycles. The molecule has 0 heterocycles. The Kier molecular flexibility index (Phi) is 1.73. The van der Waals surface area contributed by atoms with Crippen molar-refractivity contribution in [3.63, 3.8) is 0 Å². The highest BCUT2D eigenvalue weighted by atomic mass is 16.1. The molecule has 0 amide bonds. The maximum atomic E-state index is 11.8. The molecule has 0 unspecified atom stereocenters. The predicted molar refractivity (Wildman–Crippen MR) is 56.2 cm³/mol. The van der Waals surface area contributed by atoms with E-state index in [9.17, 15) is 9.59 Å². The molecule has 3 aliphatic carbocycles. The maximum Gasteiger partial charge on any atom is 0.136 e. The highest BCUT2D eigenvalue weighted by Crippen LogP contribution is 2.64. The second-order valence-electron chi connectivity index (χ2n) is 6.00. The molecule has 0 N–H and O–H groups in total. The smallest absolute Gasteiger partial charge is 0.136 e. The summed E-state index contributed by atoms with van der Waals surface area (Å²) in [6.45, 7) is 4.34. The van der Waals surface area contributed by atoms with E-state index in [0.717, 1.165) is 25.7 Å². The van der Waals surface area contributed by atoms with Crippen molar-refractivity contribution in [1.29, 1.82) is 0 Å². The first-order valence-electron chi connectivity index (χ1n) is 6.08. The van der Waals surface area contributed by atoms with Crippen LogP contribution in [0.25, 0.3) is 0 Å². The van der Waals surface area contributed by atoms with E-state index >= 15 is 0 Å². The van der Waals surface area contributed by atoms with E-state index in [2.05, 4.69) is 13.8 Å². The summed E-state index contributed by atoms with van der Waals surface area (Å²) in [4.78, 5) is 23.3. The van der Waals surface area contributed by atoms with Crippen molar-refractivity contribution in [3.05, 3.63) is 0 Å². The SMILES string of the molecule is C[C@H]1C(=O)C[C@@H]2C[C@H]3CC(=O)C[C@H]3[C@@]21C. The lowest BCUT2D eigenvalue weighted by Crippen LogP contribution is -2.32. The molecule has 15 heavy (non-hydrogen) atoms. The molecule has 82 valence electrons. The number of rotatable bonds is 0. The van der Waals surface area contributed by atoms with E-state index in [-0.39, 0.29) is 11.3 Å². The molecule has 0 bridgehead atoms. The number of ketones is 2. The second-order valence-corrected chi connectivity index (χ2v) is 6.00. The highest BCUT2D eigenvalue weighted by Gasteiger charge is 2.62. The number of fused-ring (bicyclic) bond motifs is 3. The quantitative estimate of drug-likeness (QED) is 0.609. The normalized spacial score (nSPS) is 53.5. The molecule has 0 aromatic rings. The zero-order valence-corrected chi connectivity index (χ0v) is 9.45. The van der Waals surface area contributed by atoms with Crippen molar-refractivity contribution >= 4 is 11.6 Å². The van der Waals surface area contributed by atoms with Gasteiger partial charge in [-0.15, -0.1) is 0 Å². The summed E-state index contributed by atoms with van der Waals surface area (Å²) in [7, 11) is 0. The van der Waals surface area contributed by atoms with Gasteiger partial charge in [-0.3, -0.25) is 9.59 Å².